The van der Waals surface area contributed by atoms with E-state index in [4.69, 9.17) is 86.7 Å². The number of fused-ring (bicyclic) bond motifs is 24. The molecule has 0 spiro atoms. The summed E-state index contributed by atoms with van der Waals surface area (Å²) in [7, 11) is 0. The summed E-state index contributed by atoms with van der Waals surface area (Å²) in [6.45, 7) is 4.80. The van der Waals surface area contributed by atoms with E-state index in [1.54, 1.807) is 0 Å². The van der Waals surface area contributed by atoms with Gasteiger partial charge in [-0.25, -0.2) is 29.9 Å². The fourth-order valence-corrected chi connectivity index (χ4v) is 13.5. The number of ether oxygens (including phenoxy) is 12. The van der Waals surface area contributed by atoms with Crippen LogP contribution in [0.2, 0.25) is 0 Å². The van der Waals surface area contributed by atoms with Crippen molar-refractivity contribution < 1.29 is 56.8 Å². The average Bonchev–Trinajstić information content (AvgIpc) is 1.59. The first kappa shape index (κ1) is 68.4. The van der Waals surface area contributed by atoms with Crippen LogP contribution in [0.1, 0.15) is 0 Å². The van der Waals surface area contributed by atoms with Crippen LogP contribution in [-0.2, 0) is 18.9 Å². The Labute approximate surface area is 620 Å². The summed E-state index contributed by atoms with van der Waals surface area (Å²) >= 11 is 0. The number of nitrogens with zero attached hydrogens (tertiary/aromatic N) is 6. The Morgan fingerprint density at radius 3 is 0.824 bits per heavy atom. The summed E-state index contributed by atoms with van der Waals surface area (Å²) in [4.78, 5) is 39.4. The summed E-state index contributed by atoms with van der Waals surface area (Å²) < 4.78 is 75.3. The molecule has 20 heteroatoms. The third-order valence-electron chi connectivity index (χ3n) is 18.6. The van der Waals surface area contributed by atoms with E-state index in [9.17, 15) is 0 Å². The molecule has 538 valence electrons. The lowest BCUT2D eigenvalue weighted by atomic mass is 10.1. The van der Waals surface area contributed by atoms with E-state index < -0.39 is 0 Å². The number of hydrogen-bond acceptors (Lipinski definition) is 18. The van der Waals surface area contributed by atoms with Crippen LogP contribution in [-0.4, -0.2) is 146 Å². The number of hydrogen-bond donors (Lipinski definition) is 2. The standard InChI is InChI=1S/C88H74N8O12/c1-5-17-61-53-65(33-29-57(61)13-1)101-45-37-97-41-49-105-73-25-9-21-69-77(73)85-89-81(69)94-86-79-71(23-11-27-75(79)107-51-43-99-39-47-103-67-35-31-59-15-3-7-19-63(59)55-67)83(91-86)96-88-80-72(24-12-28-76(80)108-52-44-100-40-48-104-68-36-32-60-16-4-8-20-64(60)56-68)84(92-88)95-87-78-70(82(90-87)93-85)22-10-26-74(78)106-50-42-98-38-46-102-66-34-30-58-14-2-6-18-62(58)54-66/h1-36,53-56H,37-52H2,(H2,89,90,91,92,93,94,95,96). The van der Waals surface area contributed by atoms with Gasteiger partial charge in [0.2, 0.25) is 0 Å². The Bertz CT molecular complexity index is 5590. The molecule has 0 amide bonds. The van der Waals surface area contributed by atoms with E-state index in [1.165, 1.54) is 0 Å². The van der Waals surface area contributed by atoms with Crippen molar-refractivity contribution >= 4 is 87.2 Å². The maximum Gasteiger partial charge on any atom is 0.168 e. The van der Waals surface area contributed by atoms with Crippen LogP contribution in [0.4, 0.5) is 0 Å². The van der Waals surface area contributed by atoms with Crippen LogP contribution in [0.15, 0.2) is 243 Å². The average molecular weight is 1440 g/mol. The number of aromatic amines is 2. The molecule has 2 N–H and O–H groups in total. The van der Waals surface area contributed by atoms with E-state index in [0.717, 1.165) is 66.1 Å². The second kappa shape index (κ2) is 32.3. The molecule has 0 unspecified atom stereocenters. The number of benzene rings is 12. The molecule has 0 saturated heterocycles. The first-order valence-electron chi connectivity index (χ1n) is 36.2. The lowest BCUT2D eigenvalue weighted by molar-refractivity contribution is 0.0766. The summed E-state index contributed by atoms with van der Waals surface area (Å²) in [5.74, 6) is 6.58. The molecule has 0 saturated carbocycles. The van der Waals surface area contributed by atoms with Gasteiger partial charge in [0, 0.05) is 21.9 Å². The van der Waals surface area contributed by atoms with E-state index in [-0.39, 0.29) is 52.9 Å². The molecule has 15 aromatic rings. The first-order chi connectivity index (χ1) is 53.5. The van der Waals surface area contributed by atoms with Gasteiger partial charge in [0.25, 0.3) is 0 Å². The molecule has 0 atom stereocenters. The Hall–Kier alpha value is -12.7. The molecule has 20 nitrogen and oxygen atoms in total. The lowest BCUT2D eigenvalue weighted by Crippen LogP contribution is -2.12. The van der Waals surface area contributed by atoms with Gasteiger partial charge in [0.1, 0.15) is 121 Å². The topological polar surface area (TPSA) is 220 Å². The highest BCUT2D eigenvalue weighted by Crippen LogP contribution is 2.45. The molecule has 12 aromatic carbocycles. The van der Waals surface area contributed by atoms with Crippen molar-refractivity contribution in [3.8, 4) is 91.5 Å². The monoisotopic (exact) mass is 1430 g/mol. The zero-order valence-corrected chi connectivity index (χ0v) is 59.0. The van der Waals surface area contributed by atoms with Gasteiger partial charge >= 0.3 is 0 Å². The minimum Gasteiger partial charge on any atom is -0.491 e. The van der Waals surface area contributed by atoms with Crippen molar-refractivity contribution in [1.29, 1.82) is 0 Å². The molecule has 108 heavy (non-hydrogen) atoms. The maximum atomic E-state index is 6.65. The molecule has 8 bridgehead atoms. The minimum atomic E-state index is 0.211. The predicted octanol–water partition coefficient (Wildman–Crippen LogP) is 17.4. The number of aromatic nitrogens is 8. The van der Waals surface area contributed by atoms with Crippen molar-refractivity contribution in [2.75, 3.05) is 106 Å². The van der Waals surface area contributed by atoms with Crippen LogP contribution >= 0.6 is 0 Å². The second-order valence-electron chi connectivity index (χ2n) is 25.6. The third kappa shape index (κ3) is 15.4. The smallest absolute Gasteiger partial charge is 0.168 e. The SMILES string of the molecule is c1cc(OCCOCCOc2ccc3ccccc3c2)c2c(c1)-c1nc-2nc2[nH]c(nc3nc(nc4[nH]c(n1)c1c(OCCOCCOc5ccc6ccccc6c5)cccc41)-c1c(OCCOCCOc4ccc5ccccc5c4)cccc1-3)c1c(OCCOCCOc3ccc4ccccc4c3)cccc21. The van der Waals surface area contributed by atoms with Gasteiger partial charge in [-0.1, -0.05) is 170 Å². The maximum absolute atomic E-state index is 6.65. The minimum absolute atomic E-state index is 0.211. The van der Waals surface area contributed by atoms with E-state index in [0.29, 0.717) is 166 Å². The Morgan fingerprint density at radius 2 is 0.491 bits per heavy atom. The Morgan fingerprint density at radius 1 is 0.213 bits per heavy atom. The highest BCUT2D eigenvalue weighted by atomic mass is 16.6. The van der Waals surface area contributed by atoms with Crippen molar-refractivity contribution in [3.63, 3.8) is 0 Å². The highest BCUT2D eigenvalue weighted by molar-refractivity contribution is 6.10. The highest BCUT2D eigenvalue weighted by Gasteiger charge is 2.28. The van der Waals surface area contributed by atoms with Gasteiger partial charge in [-0.05, 0) is 116 Å². The van der Waals surface area contributed by atoms with Gasteiger partial charge < -0.3 is 66.8 Å². The fourth-order valence-electron chi connectivity index (χ4n) is 13.5. The van der Waals surface area contributed by atoms with E-state index in [1.807, 2.05) is 170 Å². The third-order valence-corrected chi connectivity index (χ3v) is 18.6. The van der Waals surface area contributed by atoms with Crippen LogP contribution < -0.4 is 37.9 Å². The van der Waals surface area contributed by atoms with E-state index in [2.05, 4.69) is 82.8 Å². The van der Waals surface area contributed by atoms with Gasteiger partial charge in [-0.15, -0.1) is 0 Å². The lowest BCUT2D eigenvalue weighted by Gasteiger charge is -2.11. The van der Waals surface area contributed by atoms with Crippen molar-refractivity contribution in [2.24, 2.45) is 0 Å². The van der Waals surface area contributed by atoms with Crippen LogP contribution in [0.5, 0.6) is 46.0 Å². The summed E-state index contributed by atoms with van der Waals surface area (Å²) in [5.41, 5.74) is 4.30. The number of nitrogens with one attached hydrogen (secondary N) is 2. The van der Waals surface area contributed by atoms with Gasteiger partial charge in [0.05, 0.1) is 74.8 Å². The molecular formula is C88H74N8O12. The molecular weight excluding hydrogens is 1360 g/mol. The second-order valence-corrected chi connectivity index (χ2v) is 25.6. The van der Waals surface area contributed by atoms with Gasteiger partial charge in [-0.2, -0.15) is 0 Å². The summed E-state index contributed by atoms with van der Waals surface area (Å²) in [6, 6.07) is 80.2. The Kier molecular flexibility index (Phi) is 20.5. The number of H-pyrrole nitrogens is 2. The number of rotatable bonds is 32. The normalized spacial score (nSPS) is 11.7. The zero-order valence-electron chi connectivity index (χ0n) is 59.0. The summed E-state index contributed by atoms with van der Waals surface area (Å²) in [6.07, 6.45) is 0. The first-order valence-corrected chi connectivity index (χ1v) is 36.2. The van der Waals surface area contributed by atoms with E-state index >= 15 is 0 Å². The quantitative estimate of drug-likeness (QED) is 0.0374. The van der Waals surface area contributed by atoms with Crippen molar-refractivity contribution in [2.45, 2.75) is 0 Å². The van der Waals surface area contributed by atoms with Crippen LogP contribution in [0.3, 0.4) is 0 Å². The molecule has 0 aliphatic carbocycles. The van der Waals surface area contributed by atoms with Crippen molar-refractivity contribution in [1.82, 2.24) is 39.9 Å². The molecule has 0 radical (unpaired) electrons. The molecule has 2 aliphatic heterocycles. The van der Waals surface area contributed by atoms with Crippen molar-refractivity contribution in [3.05, 3.63) is 243 Å². The van der Waals surface area contributed by atoms with Crippen LogP contribution in [0, 0.1) is 0 Å². The molecule has 3 aromatic heterocycles. The Balaban J connectivity index is 0.698. The molecule has 17 rings (SSSR count). The molecule has 5 heterocycles. The molecule has 2 aliphatic rings. The zero-order chi connectivity index (χ0) is 72.2. The van der Waals surface area contributed by atoms with Crippen LogP contribution in [0.25, 0.3) is 133 Å². The van der Waals surface area contributed by atoms with Gasteiger partial charge in [-0.3, -0.25) is 0 Å². The fraction of sp³-hybridized carbons (Fsp3) is 0.182. The molecule has 0 fully saturated rings. The van der Waals surface area contributed by atoms with Gasteiger partial charge in [0.15, 0.2) is 23.3 Å². The summed E-state index contributed by atoms with van der Waals surface area (Å²) in [5, 5.41) is 11.7. The predicted molar refractivity (Wildman–Crippen MR) is 419 cm³/mol. The largest absolute Gasteiger partial charge is 0.491 e.